The van der Waals surface area contributed by atoms with E-state index in [0.29, 0.717) is 17.0 Å². The van der Waals surface area contributed by atoms with Gasteiger partial charge in [-0.3, -0.25) is 4.79 Å². The summed E-state index contributed by atoms with van der Waals surface area (Å²) >= 11 is 5.95. The molecule has 0 aromatic heterocycles. The minimum atomic E-state index is -1.03. The third kappa shape index (κ3) is 3.96. The lowest BCUT2D eigenvalue weighted by Crippen LogP contribution is -2.45. The number of amides is 1. The summed E-state index contributed by atoms with van der Waals surface area (Å²) < 4.78 is 0. The molecule has 0 heterocycles. The number of carbonyl (C=O) groups is 2. The molecule has 2 atom stereocenters. The van der Waals surface area contributed by atoms with E-state index in [1.54, 1.807) is 25.1 Å². The first-order valence-corrected chi connectivity index (χ1v) is 6.54. The van der Waals surface area contributed by atoms with Crippen LogP contribution in [0.3, 0.4) is 0 Å². The highest BCUT2D eigenvalue weighted by atomic mass is 35.5. The van der Waals surface area contributed by atoms with Gasteiger partial charge < -0.3 is 10.4 Å². The van der Waals surface area contributed by atoms with E-state index in [1.807, 2.05) is 13.8 Å². The first kappa shape index (κ1) is 15.5. The third-order valence-corrected chi connectivity index (χ3v) is 3.61. The zero-order valence-corrected chi connectivity index (χ0v) is 12.0. The largest absolute Gasteiger partial charge is 0.480 e. The van der Waals surface area contributed by atoms with Crippen molar-refractivity contribution in [3.63, 3.8) is 0 Å². The summed E-state index contributed by atoms with van der Waals surface area (Å²) in [6.45, 7) is 5.51. The number of hydrogen-bond donors (Lipinski definition) is 2. The van der Waals surface area contributed by atoms with E-state index in [1.165, 1.54) is 0 Å². The predicted molar refractivity (Wildman–Crippen MR) is 74.5 cm³/mol. The Kier molecular flexibility index (Phi) is 5.36. The van der Waals surface area contributed by atoms with Gasteiger partial charge in [0.1, 0.15) is 6.04 Å². The van der Waals surface area contributed by atoms with E-state index < -0.39 is 17.9 Å². The summed E-state index contributed by atoms with van der Waals surface area (Å²) in [7, 11) is 0. The Labute approximate surface area is 117 Å². The Balaban J connectivity index is 2.87. The van der Waals surface area contributed by atoms with Crippen LogP contribution in [-0.4, -0.2) is 23.0 Å². The molecule has 104 valence electrons. The minimum absolute atomic E-state index is 0.137. The van der Waals surface area contributed by atoms with Crippen LogP contribution in [0.1, 0.15) is 36.2 Å². The molecule has 0 fully saturated rings. The standard InChI is InChI=1S/C14H18ClNO3/c1-4-8(2)12(14(18)19)16-13(17)10-6-5-9(3)11(15)7-10/h5-8,12H,4H2,1-3H3,(H,16,17)(H,18,19). The molecule has 5 heteroatoms. The zero-order chi connectivity index (χ0) is 14.6. The van der Waals surface area contributed by atoms with E-state index in [4.69, 9.17) is 16.7 Å². The van der Waals surface area contributed by atoms with Gasteiger partial charge in [-0.2, -0.15) is 0 Å². The second kappa shape index (κ2) is 6.57. The zero-order valence-electron chi connectivity index (χ0n) is 11.2. The number of nitrogens with one attached hydrogen (secondary N) is 1. The fourth-order valence-corrected chi connectivity index (χ4v) is 1.82. The maximum atomic E-state index is 12.0. The SMILES string of the molecule is CCC(C)C(NC(=O)c1ccc(C)c(Cl)c1)C(=O)O. The Bertz CT molecular complexity index is 488. The van der Waals surface area contributed by atoms with Crippen molar-refractivity contribution in [2.45, 2.75) is 33.2 Å². The molecule has 1 amide bonds. The first-order chi connectivity index (χ1) is 8.86. The van der Waals surface area contributed by atoms with Gasteiger partial charge in [0, 0.05) is 10.6 Å². The molecule has 0 aliphatic rings. The van der Waals surface area contributed by atoms with Gasteiger partial charge in [-0.15, -0.1) is 0 Å². The average molecular weight is 284 g/mol. The Hall–Kier alpha value is -1.55. The van der Waals surface area contributed by atoms with Gasteiger partial charge in [-0.1, -0.05) is 37.9 Å². The summed E-state index contributed by atoms with van der Waals surface area (Å²) in [5.41, 5.74) is 1.24. The normalized spacial score (nSPS) is 13.7. The molecule has 0 aliphatic heterocycles. The summed E-state index contributed by atoms with van der Waals surface area (Å²) in [5.74, 6) is -1.59. The number of hydrogen-bond acceptors (Lipinski definition) is 2. The number of halogens is 1. The molecule has 1 aromatic rings. The van der Waals surface area contributed by atoms with Gasteiger partial charge in [-0.05, 0) is 30.5 Å². The highest BCUT2D eigenvalue weighted by molar-refractivity contribution is 6.31. The van der Waals surface area contributed by atoms with Crippen molar-refractivity contribution >= 4 is 23.5 Å². The van der Waals surface area contributed by atoms with Crippen molar-refractivity contribution in [3.05, 3.63) is 34.3 Å². The first-order valence-electron chi connectivity index (χ1n) is 6.16. The molecule has 2 unspecified atom stereocenters. The Morgan fingerprint density at radius 3 is 2.53 bits per heavy atom. The Morgan fingerprint density at radius 2 is 2.05 bits per heavy atom. The Morgan fingerprint density at radius 1 is 1.42 bits per heavy atom. The van der Waals surface area contributed by atoms with Crippen LogP contribution in [0, 0.1) is 12.8 Å². The third-order valence-electron chi connectivity index (χ3n) is 3.20. The van der Waals surface area contributed by atoms with Crippen molar-refractivity contribution < 1.29 is 14.7 Å². The molecular weight excluding hydrogens is 266 g/mol. The number of aliphatic carboxylic acids is 1. The van der Waals surface area contributed by atoms with E-state index in [0.717, 1.165) is 5.56 Å². The molecule has 0 aliphatic carbocycles. The van der Waals surface area contributed by atoms with Crippen molar-refractivity contribution in [2.75, 3.05) is 0 Å². The molecule has 0 radical (unpaired) electrons. The lowest BCUT2D eigenvalue weighted by Gasteiger charge is -2.20. The van der Waals surface area contributed by atoms with E-state index in [9.17, 15) is 9.59 Å². The van der Waals surface area contributed by atoms with Crippen LogP contribution in [0.2, 0.25) is 5.02 Å². The lowest BCUT2D eigenvalue weighted by molar-refractivity contribution is -0.140. The van der Waals surface area contributed by atoms with E-state index >= 15 is 0 Å². The molecule has 4 nitrogen and oxygen atoms in total. The molecule has 0 saturated heterocycles. The highest BCUT2D eigenvalue weighted by Crippen LogP contribution is 2.17. The number of carbonyl (C=O) groups excluding carboxylic acids is 1. The fraction of sp³-hybridized carbons (Fsp3) is 0.429. The van der Waals surface area contributed by atoms with Gasteiger partial charge >= 0.3 is 5.97 Å². The molecule has 19 heavy (non-hydrogen) atoms. The fourth-order valence-electron chi connectivity index (χ4n) is 1.64. The van der Waals surface area contributed by atoms with Gasteiger partial charge in [-0.25, -0.2) is 4.79 Å². The molecule has 0 spiro atoms. The van der Waals surface area contributed by atoms with Crippen LogP contribution in [-0.2, 0) is 4.79 Å². The van der Waals surface area contributed by atoms with Gasteiger partial charge in [0.2, 0.25) is 0 Å². The van der Waals surface area contributed by atoms with Crippen LogP contribution < -0.4 is 5.32 Å². The number of carboxylic acids is 1. The lowest BCUT2D eigenvalue weighted by atomic mass is 9.99. The monoisotopic (exact) mass is 283 g/mol. The number of carboxylic acid groups (broad SMARTS) is 1. The molecular formula is C14H18ClNO3. The smallest absolute Gasteiger partial charge is 0.326 e. The predicted octanol–water partition coefficient (Wildman–Crippen LogP) is 2.88. The second-order valence-electron chi connectivity index (χ2n) is 4.64. The van der Waals surface area contributed by atoms with Crippen LogP contribution >= 0.6 is 11.6 Å². The van der Waals surface area contributed by atoms with Crippen molar-refractivity contribution in [1.82, 2.24) is 5.32 Å². The molecule has 2 N–H and O–H groups in total. The maximum absolute atomic E-state index is 12.0. The molecule has 1 rings (SSSR count). The average Bonchev–Trinajstić information content (AvgIpc) is 2.37. The van der Waals surface area contributed by atoms with Gasteiger partial charge in [0.05, 0.1) is 0 Å². The number of benzene rings is 1. The van der Waals surface area contributed by atoms with Crippen LogP contribution in [0.25, 0.3) is 0 Å². The maximum Gasteiger partial charge on any atom is 0.326 e. The van der Waals surface area contributed by atoms with E-state index in [2.05, 4.69) is 5.32 Å². The van der Waals surface area contributed by atoms with Crippen molar-refractivity contribution in [3.8, 4) is 0 Å². The summed E-state index contributed by atoms with van der Waals surface area (Å²) in [4.78, 5) is 23.2. The number of aryl methyl sites for hydroxylation is 1. The van der Waals surface area contributed by atoms with Gasteiger partial charge in [0.25, 0.3) is 5.91 Å². The van der Waals surface area contributed by atoms with Gasteiger partial charge in [0.15, 0.2) is 0 Å². The van der Waals surface area contributed by atoms with Crippen molar-refractivity contribution in [2.24, 2.45) is 5.92 Å². The molecule has 1 aromatic carbocycles. The van der Waals surface area contributed by atoms with E-state index in [-0.39, 0.29) is 5.92 Å². The molecule has 0 saturated carbocycles. The summed E-state index contributed by atoms with van der Waals surface area (Å²) in [6.07, 6.45) is 0.673. The van der Waals surface area contributed by atoms with Crippen LogP contribution in [0.5, 0.6) is 0 Å². The highest BCUT2D eigenvalue weighted by Gasteiger charge is 2.25. The molecule has 0 bridgehead atoms. The summed E-state index contributed by atoms with van der Waals surface area (Å²) in [6, 6.07) is 4.02. The summed E-state index contributed by atoms with van der Waals surface area (Å²) in [5, 5.41) is 12.2. The minimum Gasteiger partial charge on any atom is -0.480 e. The second-order valence-corrected chi connectivity index (χ2v) is 5.05. The van der Waals surface area contributed by atoms with Crippen LogP contribution in [0.15, 0.2) is 18.2 Å². The quantitative estimate of drug-likeness (QED) is 0.873. The topological polar surface area (TPSA) is 66.4 Å². The van der Waals surface area contributed by atoms with Crippen LogP contribution in [0.4, 0.5) is 0 Å². The van der Waals surface area contributed by atoms with Crippen molar-refractivity contribution in [1.29, 1.82) is 0 Å². The number of rotatable bonds is 5.